The predicted octanol–water partition coefficient (Wildman–Crippen LogP) is 5.10. The molecule has 3 N–H and O–H groups in total. The second kappa shape index (κ2) is 7.18. The number of piperidine rings is 1. The number of rotatable bonds is 1. The van der Waals surface area contributed by atoms with Gasteiger partial charge in [0.2, 0.25) is 0 Å². The van der Waals surface area contributed by atoms with E-state index in [1.165, 1.54) is 57.8 Å². The van der Waals surface area contributed by atoms with E-state index >= 15 is 0 Å². The van der Waals surface area contributed by atoms with Gasteiger partial charge in [-0.15, -0.1) is 0 Å². The van der Waals surface area contributed by atoms with E-state index in [1.54, 1.807) is 0 Å². The molecule has 2 heterocycles. The lowest BCUT2D eigenvalue weighted by Gasteiger charge is -2.65. The maximum absolute atomic E-state index is 7.07. The average molecular weight is 445 g/mol. The fourth-order valence-corrected chi connectivity index (χ4v) is 10.8. The van der Waals surface area contributed by atoms with Crippen LogP contribution in [0.3, 0.4) is 0 Å². The van der Waals surface area contributed by atoms with E-state index in [0.717, 1.165) is 30.7 Å². The van der Waals surface area contributed by atoms with Crippen LogP contribution in [0.4, 0.5) is 0 Å². The Balaban J connectivity index is 1.32. The normalized spacial score (nSPS) is 61.7. The molecule has 32 heavy (non-hydrogen) atoms. The number of hydrogen-bond acceptors (Lipinski definition) is 4. The lowest BCUT2D eigenvalue weighted by atomic mass is 9.40. The minimum atomic E-state index is -0.415. The number of nitrogens with two attached hydrogens (primary N) is 1. The molecule has 0 aromatic heterocycles. The summed E-state index contributed by atoms with van der Waals surface area (Å²) in [6.07, 6.45) is 13.3. The molecule has 0 bridgehead atoms. The zero-order valence-corrected chi connectivity index (χ0v) is 21.3. The van der Waals surface area contributed by atoms with Crippen molar-refractivity contribution < 1.29 is 9.47 Å². The van der Waals surface area contributed by atoms with Gasteiger partial charge in [0.25, 0.3) is 0 Å². The molecule has 2 aliphatic heterocycles. The number of fused-ring (bicyclic) bond motifs is 8. The van der Waals surface area contributed by atoms with Crippen LogP contribution in [0.2, 0.25) is 0 Å². The van der Waals surface area contributed by atoms with Gasteiger partial charge in [-0.2, -0.15) is 0 Å². The summed E-state index contributed by atoms with van der Waals surface area (Å²) < 4.78 is 13.3. The molecule has 182 valence electrons. The highest BCUT2D eigenvalue weighted by Gasteiger charge is 2.70. The topological polar surface area (TPSA) is 56.5 Å². The van der Waals surface area contributed by atoms with E-state index in [-0.39, 0.29) is 0 Å². The van der Waals surface area contributed by atoms with Gasteiger partial charge in [0.15, 0.2) is 5.79 Å². The van der Waals surface area contributed by atoms with Crippen molar-refractivity contribution in [2.24, 2.45) is 51.6 Å². The lowest BCUT2D eigenvalue weighted by molar-refractivity contribution is -0.309. The molecule has 0 aromatic rings. The van der Waals surface area contributed by atoms with Crippen LogP contribution in [0.15, 0.2) is 0 Å². The van der Waals surface area contributed by atoms with Crippen molar-refractivity contribution in [3.8, 4) is 0 Å². The third-order valence-electron chi connectivity index (χ3n) is 12.8. The zero-order chi connectivity index (χ0) is 22.5. The number of methoxy groups -OCH3 is 1. The van der Waals surface area contributed by atoms with E-state index in [1.807, 2.05) is 7.11 Å². The van der Waals surface area contributed by atoms with Crippen molar-refractivity contribution in [2.75, 3.05) is 13.7 Å². The Bertz CT molecular complexity index is 760. The van der Waals surface area contributed by atoms with Gasteiger partial charge in [-0.1, -0.05) is 27.7 Å². The summed E-state index contributed by atoms with van der Waals surface area (Å²) in [6.45, 7) is 11.4. The molecule has 2 saturated heterocycles. The highest BCUT2D eigenvalue weighted by Crippen LogP contribution is 2.74. The maximum Gasteiger partial charge on any atom is 0.183 e. The van der Waals surface area contributed by atoms with Gasteiger partial charge in [0.05, 0.1) is 12.1 Å². The molecule has 6 rings (SSSR count). The summed E-state index contributed by atoms with van der Waals surface area (Å²) in [5, 5.41) is 3.84. The summed E-state index contributed by atoms with van der Waals surface area (Å²) in [7, 11) is 1.88. The van der Waals surface area contributed by atoms with E-state index < -0.39 is 5.79 Å². The average Bonchev–Trinajstić information content (AvgIpc) is 2.98. The molecule has 4 heteroatoms. The smallest absolute Gasteiger partial charge is 0.183 e. The summed E-state index contributed by atoms with van der Waals surface area (Å²) >= 11 is 0. The van der Waals surface area contributed by atoms with Crippen LogP contribution in [0.5, 0.6) is 0 Å². The van der Waals surface area contributed by atoms with Gasteiger partial charge >= 0.3 is 0 Å². The first-order chi connectivity index (χ1) is 15.2. The Hall–Kier alpha value is -0.160. The first-order valence-corrected chi connectivity index (χ1v) is 13.9. The lowest BCUT2D eigenvalue weighted by Crippen LogP contribution is -2.65. The van der Waals surface area contributed by atoms with Crippen LogP contribution in [0.25, 0.3) is 0 Å². The van der Waals surface area contributed by atoms with Crippen LogP contribution < -0.4 is 11.1 Å². The second-order valence-electron chi connectivity index (χ2n) is 13.9. The molecule has 0 aromatic carbocycles. The summed E-state index contributed by atoms with van der Waals surface area (Å²) in [5.41, 5.74) is 7.72. The van der Waals surface area contributed by atoms with Gasteiger partial charge in [-0.25, -0.2) is 0 Å². The van der Waals surface area contributed by atoms with Gasteiger partial charge in [0, 0.05) is 19.6 Å². The molecule has 6 fully saturated rings. The molecule has 0 spiro atoms. The molecular weight excluding hydrogens is 396 g/mol. The molecule has 12 unspecified atom stereocenters. The Morgan fingerprint density at radius 2 is 1.72 bits per heavy atom. The minimum absolute atomic E-state index is 0.343. The van der Waals surface area contributed by atoms with Gasteiger partial charge < -0.3 is 20.5 Å². The highest BCUT2D eigenvalue weighted by molar-refractivity contribution is 5.19. The fraction of sp³-hybridized carbons (Fsp3) is 1.00. The van der Waals surface area contributed by atoms with E-state index in [0.29, 0.717) is 46.3 Å². The summed E-state index contributed by atoms with van der Waals surface area (Å²) in [5.74, 6) is 3.43. The van der Waals surface area contributed by atoms with E-state index in [9.17, 15) is 0 Å². The molecule has 0 amide bonds. The fourth-order valence-electron chi connectivity index (χ4n) is 10.8. The van der Waals surface area contributed by atoms with Crippen molar-refractivity contribution in [1.82, 2.24) is 5.32 Å². The Kier molecular flexibility index (Phi) is 5.01. The second-order valence-corrected chi connectivity index (χ2v) is 13.9. The Labute approximate surface area is 196 Å². The largest absolute Gasteiger partial charge is 0.352 e. The van der Waals surface area contributed by atoms with Crippen molar-refractivity contribution in [3.05, 3.63) is 0 Å². The van der Waals surface area contributed by atoms with Gasteiger partial charge in [-0.3, -0.25) is 0 Å². The first-order valence-electron chi connectivity index (χ1n) is 13.9. The molecule has 6 aliphatic rings. The third kappa shape index (κ3) is 2.76. The van der Waals surface area contributed by atoms with Gasteiger partial charge in [0.1, 0.15) is 0 Å². The number of nitrogens with one attached hydrogen (secondary N) is 1. The molecular formula is C28H48N2O2. The standard InChI is InChI=1S/C28H48N2O2/c1-17-14-28(31-5)24(30-16-17)13-22-23(32-28)15-27(4)21-7-6-18-12-19(29)8-10-25(18,2)20(21)9-11-26(22,27)3/h17-24,30H,6-16,29H2,1-5H3. The van der Waals surface area contributed by atoms with Gasteiger partial charge in [-0.05, 0) is 110 Å². The van der Waals surface area contributed by atoms with Crippen molar-refractivity contribution in [2.45, 2.75) is 116 Å². The van der Waals surface area contributed by atoms with Crippen molar-refractivity contribution in [3.63, 3.8) is 0 Å². The molecule has 12 atom stereocenters. The monoisotopic (exact) mass is 444 g/mol. The predicted molar refractivity (Wildman–Crippen MR) is 128 cm³/mol. The highest BCUT2D eigenvalue weighted by atomic mass is 16.7. The Morgan fingerprint density at radius 1 is 0.906 bits per heavy atom. The molecule has 4 aliphatic carbocycles. The summed E-state index contributed by atoms with van der Waals surface area (Å²) in [4.78, 5) is 0. The third-order valence-corrected chi connectivity index (χ3v) is 12.8. The molecule has 4 saturated carbocycles. The van der Waals surface area contributed by atoms with E-state index in [4.69, 9.17) is 15.2 Å². The molecule has 0 radical (unpaired) electrons. The summed E-state index contributed by atoms with van der Waals surface area (Å²) in [6, 6.07) is 0.787. The van der Waals surface area contributed by atoms with Crippen molar-refractivity contribution >= 4 is 0 Å². The SMILES string of the molecule is COC12CC(C)CNC1CC1C(CC3(C)C4CCC5CC(N)CCC5(C)C4CCC13C)O2. The number of hydrogen-bond donors (Lipinski definition) is 2. The quantitative estimate of drug-likeness (QED) is 0.591. The van der Waals surface area contributed by atoms with Crippen LogP contribution in [-0.4, -0.2) is 37.6 Å². The zero-order valence-electron chi connectivity index (χ0n) is 21.3. The molecule has 4 nitrogen and oxygen atoms in total. The minimum Gasteiger partial charge on any atom is -0.352 e. The number of ether oxygens (including phenoxy) is 2. The maximum atomic E-state index is 7.07. The van der Waals surface area contributed by atoms with Crippen molar-refractivity contribution in [1.29, 1.82) is 0 Å². The van der Waals surface area contributed by atoms with E-state index in [2.05, 4.69) is 33.0 Å². The van der Waals surface area contributed by atoms with Crippen LogP contribution >= 0.6 is 0 Å². The van der Waals surface area contributed by atoms with Crippen LogP contribution in [0.1, 0.15) is 91.9 Å². The van der Waals surface area contributed by atoms with Crippen LogP contribution in [0, 0.1) is 45.8 Å². The van der Waals surface area contributed by atoms with Crippen LogP contribution in [-0.2, 0) is 9.47 Å². The first kappa shape index (κ1) is 22.3. The Morgan fingerprint density at radius 3 is 2.50 bits per heavy atom.